The zero-order chi connectivity index (χ0) is 32.3. The summed E-state index contributed by atoms with van der Waals surface area (Å²) in [7, 11) is 0. The maximum Gasteiger partial charge on any atom is 0.186 e. The van der Waals surface area contributed by atoms with E-state index in [1.807, 2.05) is 42.5 Å². The summed E-state index contributed by atoms with van der Waals surface area (Å²) in [5.74, 6) is -0.305. The number of allylic oxidation sites excluding steroid dienone is 1. The fraction of sp³-hybridized carbons (Fsp3) is 0.0909. The Hall–Kier alpha value is -5.80. The Morgan fingerprint density at radius 1 is 0.596 bits per heavy atom. The second-order valence-electron chi connectivity index (χ2n) is 12.9. The summed E-state index contributed by atoms with van der Waals surface area (Å²) in [5, 5.41) is 6.61. The standard InChI is InChI=1S/C44H33NO2/c1-28(46)37-26-32-12-6-7-13-33(32)27-38(37)42(47)23-17-29-16-21-36-34(24-29)19-22-41-43(36)44(2,3)39-14-8-9-15-40(39)45(41)35-20-18-30-10-4-5-11-31(30)25-35/h4-27H,1-3H3. The Morgan fingerprint density at radius 3 is 1.98 bits per heavy atom. The minimum Gasteiger partial charge on any atom is -0.310 e. The molecule has 0 fully saturated rings. The van der Waals surface area contributed by atoms with Gasteiger partial charge in [-0.15, -0.1) is 0 Å². The summed E-state index contributed by atoms with van der Waals surface area (Å²) in [4.78, 5) is 28.3. The molecule has 0 aliphatic carbocycles. The summed E-state index contributed by atoms with van der Waals surface area (Å²) in [6, 6.07) is 46.1. The van der Waals surface area contributed by atoms with Gasteiger partial charge in [-0.25, -0.2) is 0 Å². The lowest BCUT2D eigenvalue weighted by molar-refractivity contribution is 0.0993. The van der Waals surface area contributed by atoms with Crippen molar-refractivity contribution in [2.24, 2.45) is 0 Å². The smallest absolute Gasteiger partial charge is 0.186 e. The molecular formula is C44H33NO2. The molecule has 3 nitrogen and oxygen atoms in total. The van der Waals surface area contributed by atoms with Crippen LogP contribution in [-0.4, -0.2) is 11.6 Å². The predicted molar refractivity (Wildman–Crippen MR) is 196 cm³/mol. The minimum absolute atomic E-state index is 0.120. The van der Waals surface area contributed by atoms with Gasteiger partial charge in [0.2, 0.25) is 0 Å². The van der Waals surface area contributed by atoms with E-state index in [1.54, 1.807) is 6.08 Å². The van der Waals surface area contributed by atoms with E-state index in [0.29, 0.717) is 11.1 Å². The van der Waals surface area contributed by atoms with Gasteiger partial charge in [-0.1, -0.05) is 111 Å². The number of benzene rings is 7. The summed E-state index contributed by atoms with van der Waals surface area (Å²) in [6.45, 7) is 6.13. The molecule has 0 N–H and O–H groups in total. The van der Waals surface area contributed by atoms with E-state index in [4.69, 9.17) is 0 Å². The largest absolute Gasteiger partial charge is 0.310 e. The third kappa shape index (κ3) is 4.74. The van der Waals surface area contributed by atoms with Crippen molar-refractivity contribution in [3.05, 3.63) is 167 Å². The van der Waals surface area contributed by atoms with E-state index >= 15 is 0 Å². The number of carbonyl (C=O) groups excluding carboxylic acids is 2. The number of fused-ring (bicyclic) bond motifs is 6. The zero-order valence-corrected chi connectivity index (χ0v) is 26.6. The molecule has 8 rings (SSSR count). The van der Waals surface area contributed by atoms with Crippen LogP contribution in [-0.2, 0) is 5.41 Å². The first-order chi connectivity index (χ1) is 22.8. The number of Topliss-reactive ketones (excluding diaryl/α,β-unsaturated/α-hetero) is 1. The van der Waals surface area contributed by atoms with Gasteiger partial charge in [-0.05, 0) is 104 Å². The van der Waals surface area contributed by atoms with Crippen molar-refractivity contribution < 1.29 is 9.59 Å². The maximum atomic E-state index is 13.5. The topological polar surface area (TPSA) is 37.4 Å². The molecule has 0 unspecified atom stereocenters. The van der Waals surface area contributed by atoms with Crippen LogP contribution in [0.5, 0.6) is 0 Å². The summed E-state index contributed by atoms with van der Waals surface area (Å²) < 4.78 is 0. The molecule has 0 spiro atoms. The van der Waals surface area contributed by atoms with Crippen molar-refractivity contribution in [3.8, 4) is 0 Å². The van der Waals surface area contributed by atoms with Gasteiger partial charge in [-0.2, -0.15) is 0 Å². The number of hydrogen-bond acceptors (Lipinski definition) is 3. The number of ketones is 2. The summed E-state index contributed by atoms with van der Waals surface area (Å²) in [6.07, 6.45) is 3.43. The molecule has 1 aliphatic rings. The molecule has 47 heavy (non-hydrogen) atoms. The van der Waals surface area contributed by atoms with Crippen molar-refractivity contribution in [3.63, 3.8) is 0 Å². The molecule has 226 valence electrons. The van der Waals surface area contributed by atoms with Crippen molar-refractivity contribution in [2.45, 2.75) is 26.2 Å². The minimum atomic E-state index is -0.245. The third-order valence-electron chi connectivity index (χ3n) is 9.66. The van der Waals surface area contributed by atoms with Crippen molar-refractivity contribution in [1.29, 1.82) is 0 Å². The second-order valence-corrected chi connectivity index (χ2v) is 12.9. The normalized spacial score (nSPS) is 13.6. The van der Waals surface area contributed by atoms with Gasteiger partial charge in [0.25, 0.3) is 0 Å². The van der Waals surface area contributed by atoms with E-state index < -0.39 is 0 Å². The van der Waals surface area contributed by atoms with Gasteiger partial charge in [0.1, 0.15) is 0 Å². The van der Waals surface area contributed by atoms with E-state index in [-0.39, 0.29) is 17.0 Å². The van der Waals surface area contributed by atoms with Gasteiger partial charge >= 0.3 is 0 Å². The first-order valence-corrected chi connectivity index (χ1v) is 16.0. The van der Waals surface area contributed by atoms with Crippen LogP contribution in [0.3, 0.4) is 0 Å². The highest BCUT2D eigenvalue weighted by atomic mass is 16.1. The van der Waals surface area contributed by atoms with Crippen molar-refractivity contribution in [2.75, 3.05) is 4.90 Å². The molecule has 1 aliphatic heterocycles. The number of hydrogen-bond donors (Lipinski definition) is 0. The molecule has 0 saturated heterocycles. The molecule has 7 aromatic rings. The first kappa shape index (κ1) is 28.7. The highest BCUT2D eigenvalue weighted by Gasteiger charge is 2.38. The first-order valence-electron chi connectivity index (χ1n) is 16.0. The summed E-state index contributed by atoms with van der Waals surface area (Å²) >= 11 is 0. The molecule has 0 bridgehead atoms. The fourth-order valence-electron chi connectivity index (χ4n) is 7.34. The Bertz CT molecular complexity index is 2450. The van der Waals surface area contributed by atoms with E-state index in [1.165, 1.54) is 45.6 Å². The van der Waals surface area contributed by atoms with Gasteiger partial charge < -0.3 is 4.90 Å². The van der Waals surface area contributed by atoms with Crippen LogP contribution in [0.2, 0.25) is 0 Å². The molecule has 0 amide bonds. The number of anilines is 3. The van der Waals surface area contributed by atoms with Crippen LogP contribution in [0.4, 0.5) is 17.1 Å². The second kappa shape index (κ2) is 10.9. The molecule has 3 heteroatoms. The molecule has 1 heterocycles. The number of carbonyl (C=O) groups is 2. The molecule has 0 atom stereocenters. The molecule has 7 aromatic carbocycles. The Morgan fingerprint density at radius 2 is 1.23 bits per heavy atom. The molecule has 0 radical (unpaired) electrons. The molecule has 0 saturated carbocycles. The van der Waals surface area contributed by atoms with Crippen LogP contribution in [0.15, 0.2) is 140 Å². The third-order valence-corrected chi connectivity index (χ3v) is 9.66. The van der Waals surface area contributed by atoms with Crippen LogP contribution >= 0.6 is 0 Å². The highest BCUT2D eigenvalue weighted by Crippen LogP contribution is 2.54. The Labute approximate surface area is 274 Å². The fourth-order valence-corrected chi connectivity index (χ4v) is 7.34. The number of para-hydroxylation sites is 1. The van der Waals surface area contributed by atoms with Crippen LogP contribution in [0.1, 0.15) is 58.2 Å². The monoisotopic (exact) mass is 607 g/mol. The Balaban J connectivity index is 1.22. The zero-order valence-electron chi connectivity index (χ0n) is 26.6. The van der Waals surface area contributed by atoms with E-state index in [0.717, 1.165) is 27.4 Å². The SMILES string of the molecule is CC(=O)c1cc2ccccc2cc1C(=O)C=Cc1ccc2c3c(ccc2c1)N(c1ccc2ccccc2c1)c1ccccc1C3(C)C. The van der Waals surface area contributed by atoms with Gasteiger partial charge in [-0.3, -0.25) is 9.59 Å². The van der Waals surface area contributed by atoms with Crippen LogP contribution < -0.4 is 4.90 Å². The van der Waals surface area contributed by atoms with Gasteiger partial charge in [0.15, 0.2) is 11.6 Å². The average Bonchev–Trinajstić information content (AvgIpc) is 3.09. The van der Waals surface area contributed by atoms with Gasteiger partial charge in [0, 0.05) is 22.2 Å². The quantitative estimate of drug-likeness (QED) is 0.144. The average molecular weight is 608 g/mol. The highest BCUT2D eigenvalue weighted by molar-refractivity contribution is 6.16. The predicted octanol–water partition coefficient (Wildman–Crippen LogP) is 11.4. The van der Waals surface area contributed by atoms with Crippen LogP contribution in [0.25, 0.3) is 38.4 Å². The van der Waals surface area contributed by atoms with Crippen molar-refractivity contribution >= 4 is 67.0 Å². The molecule has 0 aromatic heterocycles. The van der Waals surface area contributed by atoms with E-state index in [9.17, 15) is 9.59 Å². The number of nitrogens with zero attached hydrogens (tertiary/aromatic N) is 1. The summed E-state index contributed by atoms with van der Waals surface area (Å²) in [5.41, 5.74) is 7.60. The van der Waals surface area contributed by atoms with E-state index in [2.05, 4.69) is 116 Å². The lowest BCUT2D eigenvalue weighted by Gasteiger charge is -2.42. The molecular weight excluding hydrogens is 574 g/mol. The van der Waals surface area contributed by atoms with Crippen LogP contribution in [0, 0.1) is 0 Å². The lowest BCUT2D eigenvalue weighted by Crippen LogP contribution is -2.30. The Kier molecular flexibility index (Phi) is 6.66. The van der Waals surface area contributed by atoms with Crippen molar-refractivity contribution in [1.82, 2.24) is 0 Å². The van der Waals surface area contributed by atoms with Gasteiger partial charge in [0.05, 0.1) is 11.4 Å². The maximum absolute atomic E-state index is 13.5. The lowest BCUT2D eigenvalue weighted by atomic mass is 9.71. The number of rotatable bonds is 5.